The van der Waals surface area contributed by atoms with Gasteiger partial charge < -0.3 is 14.7 Å². The lowest BCUT2D eigenvalue weighted by molar-refractivity contribution is -0.146. The second-order valence-corrected chi connectivity index (χ2v) is 7.10. The zero-order valence-electron chi connectivity index (χ0n) is 15.3. The van der Waals surface area contributed by atoms with E-state index in [0.29, 0.717) is 31.7 Å². The van der Waals surface area contributed by atoms with Crippen LogP contribution in [0, 0.1) is 5.82 Å². The number of halogens is 1. The monoisotopic (exact) mass is 375 g/mol. The van der Waals surface area contributed by atoms with Gasteiger partial charge in [-0.05, 0) is 51.0 Å². The Morgan fingerprint density at radius 2 is 1.85 bits per heavy atom. The van der Waals surface area contributed by atoms with Crippen LogP contribution in [0.15, 0.2) is 36.7 Å². The van der Waals surface area contributed by atoms with Crippen molar-refractivity contribution < 1.29 is 23.8 Å². The molecule has 1 aromatic heterocycles. The molecule has 0 spiro atoms. The summed E-state index contributed by atoms with van der Waals surface area (Å²) in [5.41, 5.74) is -0.922. The summed E-state index contributed by atoms with van der Waals surface area (Å²) in [4.78, 5) is 25.6. The first-order valence-electron chi connectivity index (χ1n) is 8.77. The number of carboxylic acids is 1. The number of carbonyl (C=O) groups excluding carboxylic acids is 1. The number of aromatic nitrogens is 2. The number of carboxylic acid groups (broad SMARTS) is 1. The molecule has 1 N–H and O–H groups in total. The number of carbonyl (C=O) groups is 2. The van der Waals surface area contributed by atoms with Crippen molar-refractivity contribution in [2.45, 2.75) is 38.3 Å². The Kier molecular flexibility index (Phi) is 5.16. The van der Waals surface area contributed by atoms with Gasteiger partial charge in [-0.2, -0.15) is 5.10 Å². The molecule has 2 aromatic rings. The van der Waals surface area contributed by atoms with E-state index in [1.807, 2.05) is 0 Å². The SMILES string of the molecule is CC(C)(Oc1ccc(F)cc1)C(=O)N1CCC(n2cc(C(=O)O)cn2)CC1. The van der Waals surface area contributed by atoms with Crippen LogP contribution in [0.5, 0.6) is 5.75 Å². The second kappa shape index (κ2) is 7.38. The summed E-state index contributed by atoms with van der Waals surface area (Å²) in [7, 11) is 0. The van der Waals surface area contributed by atoms with Crippen LogP contribution in [0.4, 0.5) is 4.39 Å². The summed E-state index contributed by atoms with van der Waals surface area (Å²) >= 11 is 0. The van der Waals surface area contributed by atoms with Crippen molar-refractivity contribution in [3.63, 3.8) is 0 Å². The topological polar surface area (TPSA) is 84.7 Å². The molecule has 1 aliphatic heterocycles. The lowest BCUT2D eigenvalue weighted by Crippen LogP contribution is -2.51. The Balaban J connectivity index is 1.59. The number of rotatable bonds is 5. The molecular weight excluding hydrogens is 353 g/mol. The Bertz CT molecular complexity index is 824. The zero-order valence-corrected chi connectivity index (χ0v) is 15.3. The molecular formula is C19H22FN3O4. The fourth-order valence-corrected chi connectivity index (χ4v) is 3.20. The summed E-state index contributed by atoms with van der Waals surface area (Å²) in [5, 5.41) is 13.1. The van der Waals surface area contributed by atoms with Gasteiger partial charge in [0, 0.05) is 19.3 Å². The molecule has 3 rings (SSSR count). The molecule has 0 unspecified atom stereocenters. The van der Waals surface area contributed by atoms with Crippen LogP contribution in [0.3, 0.4) is 0 Å². The molecule has 8 heteroatoms. The fourth-order valence-electron chi connectivity index (χ4n) is 3.20. The average molecular weight is 375 g/mol. The van der Waals surface area contributed by atoms with Gasteiger partial charge in [-0.25, -0.2) is 9.18 Å². The van der Waals surface area contributed by atoms with Crippen molar-refractivity contribution in [3.8, 4) is 5.75 Å². The molecule has 0 atom stereocenters. The number of ether oxygens (including phenoxy) is 1. The van der Waals surface area contributed by atoms with Gasteiger partial charge in [0.15, 0.2) is 5.60 Å². The molecule has 1 aromatic carbocycles. The maximum absolute atomic E-state index is 13.0. The third-order valence-electron chi connectivity index (χ3n) is 4.68. The molecule has 2 heterocycles. The number of nitrogens with zero attached hydrogens (tertiary/aromatic N) is 3. The first-order chi connectivity index (χ1) is 12.8. The first kappa shape index (κ1) is 18.9. The third-order valence-corrected chi connectivity index (χ3v) is 4.68. The number of likely N-dealkylation sites (tertiary alicyclic amines) is 1. The van der Waals surface area contributed by atoms with Gasteiger partial charge in [0.1, 0.15) is 11.6 Å². The number of hydrogen-bond acceptors (Lipinski definition) is 4. The van der Waals surface area contributed by atoms with Crippen molar-refractivity contribution >= 4 is 11.9 Å². The fraction of sp³-hybridized carbons (Fsp3) is 0.421. The molecule has 0 radical (unpaired) electrons. The third kappa shape index (κ3) is 4.27. The Labute approximate surface area is 156 Å². The lowest BCUT2D eigenvalue weighted by atomic mass is 10.0. The van der Waals surface area contributed by atoms with Crippen LogP contribution < -0.4 is 4.74 Å². The highest BCUT2D eigenvalue weighted by atomic mass is 19.1. The predicted octanol–water partition coefficient (Wildman–Crippen LogP) is 2.74. The summed E-state index contributed by atoms with van der Waals surface area (Å²) in [6, 6.07) is 5.62. The molecule has 1 saturated heterocycles. The largest absolute Gasteiger partial charge is 0.478 e. The van der Waals surface area contributed by atoms with Crippen molar-refractivity contribution in [1.82, 2.24) is 14.7 Å². The van der Waals surface area contributed by atoms with E-state index in [4.69, 9.17) is 9.84 Å². The minimum Gasteiger partial charge on any atom is -0.478 e. The molecule has 7 nitrogen and oxygen atoms in total. The Morgan fingerprint density at radius 1 is 1.22 bits per heavy atom. The van der Waals surface area contributed by atoms with Gasteiger partial charge in [-0.1, -0.05) is 0 Å². The van der Waals surface area contributed by atoms with Crippen molar-refractivity contribution in [2.24, 2.45) is 0 Å². The van der Waals surface area contributed by atoms with Crippen molar-refractivity contribution in [1.29, 1.82) is 0 Å². The van der Waals surface area contributed by atoms with E-state index in [2.05, 4.69) is 5.10 Å². The smallest absolute Gasteiger partial charge is 0.338 e. The van der Waals surface area contributed by atoms with E-state index < -0.39 is 11.6 Å². The molecule has 1 fully saturated rings. The minimum absolute atomic E-state index is 0.0586. The average Bonchev–Trinajstić information content (AvgIpc) is 3.13. The highest BCUT2D eigenvalue weighted by Crippen LogP contribution is 2.26. The van der Waals surface area contributed by atoms with E-state index in [1.165, 1.54) is 36.7 Å². The van der Waals surface area contributed by atoms with Gasteiger partial charge in [0.25, 0.3) is 5.91 Å². The van der Waals surface area contributed by atoms with Crippen LogP contribution in [0.1, 0.15) is 43.1 Å². The van der Waals surface area contributed by atoms with E-state index in [1.54, 1.807) is 23.4 Å². The number of hydrogen-bond donors (Lipinski definition) is 1. The Morgan fingerprint density at radius 3 is 2.41 bits per heavy atom. The van der Waals surface area contributed by atoms with Gasteiger partial charge in [-0.3, -0.25) is 9.48 Å². The molecule has 0 aliphatic carbocycles. The summed E-state index contributed by atoms with van der Waals surface area (Å²) < 4.78 is 20.5. The van der Waals surface area contributed by atoms with Crippen molar-refractivity contribution in [3.05, 3.63) is 48.0 Å². The summed E-state index contributed by atoms with van der Waals surface area (Å²) in [5.74, 6) is -1.08. The molecule has 1 aliphatic rings. The van der Waals surface area contributed by atoms with Crippen LogP contribution in [-0.2, 0) is 4.79 Å². The molecule has 0 bridgehead atoms. The van der Waals surface area contributed by atoms with Gasteiger partial charge >= 0.3 is 5.97 Å². The van der Waals surface area contributed by atoms with Crippen LogP contribution in [-0.4, -0.2) is 50.4 Å². The van der Waals surface area contributed by atoms with Crippen molar-refractivity contribution in [2.75, 3.05) is 13.1 Å². The van der Waals surface area contributed by atoms with Crippen LogP contribution >= 0.6 is 0 Å². The lowest BCUT2D eigenvalue weighted by Gasteiger charge is -2.37. The maximum atomic E-state index is 13.0. The number of piperidine rings is 1. The maximum Gasteiger partial charge on any atom is 0.338 e. The standard InChI is InChI=1S/C19H22FN3O4/c1-19(2,27-16-5-3-14(20)4-6-16)18(26)22-9-7-15(8-10-22)23-12-13(11-21-23)17(24)25/h3-6,11-12,15H,7-10H2,1-2H3,(H,24,25). The zero-order chi connectivity index (χ0) is 19.6. The first-order valence-corrected chi connectivity index (χ1v) is 8.77. The van der Waals surface area contributed by atoms with E-state index in [-0.39, 0.29) is 23.3 Å². The van der Waals surface area contributed by atoms with E-state index >= 15 is 0 Å². The molecule has 0 saturated carbocycles. The van der Waals surface area contributed by atoms with Gasteiger partial charge in [0.05, 0.1) is 17.8 Å². The number of amides is 1. The molecule has 144 valence electrons. The van der Waals surface area contributed by atoms with Crippen LogP contribution in [0.25, 0.3) is 0 Å². The summed E-state index contributed by atoms with van der Waals surface area (Å²) in [6.07, 6.45) is 4.21. The predicted molar refractivity (Wildman–Crippen MR) is 95.1 cm³/mol. The highest BCUT2D eigenvalue weighted by Gasteiger charge is 2.36. The highest BCUT2D eigenvalue weighted by molar-refractivity contribution is 5.87. The minimum atomic E-state index is -1.08. The molecule has 1 amide bonds. The van der Waals surface area contributed by atoms with Gasteiger partial charge in [0.2, 0.25) is 0 Å². The van der Waals surface area contributed by atoms with E-state index in [9.17, 15) is 14.0 Å². The summed E-state index contributed by atoms with van der Waals surface area (Å²) in [6.45, 7) is 4.44. The Hall–Kier alpha value is -2.90. The number of benzene rings is 1. The number of aromatic carboxylic acids is 1. The van der Waals surface area contributed by atoms with Crippen LogP contribution in [0.2, 0.25) is 0 Å². The van der Waals surface area contributed by atoms with E-state index in [0.717, 1.165) is 0 Å². The quantitative estimate of drug-likeness (QED) is 0.869. The van der Waals surface area contributed by atoms with Gasteiger partial charge in [-0.15, -0.1) is 0 Å². The second-order valence-electron chi connectivity index (χ2n) is 7.10. The molecule has 27 heavy (non-hydrogen) atoms. The normalized spacial score (nSPS) is 15.6.